The highest BCUT2D eigenvalue weighted by molar-refractivity contribution is 5.31. The molecule has 1 nitrogen and oxygen atoms in total. The summed E-state index contributed by atoms with van der Waals surface area (Å²) in [5.74, 6) is 3.49. The monoisotopic (exact) mass is 188 g/mol. The molecule has 0 spiro atoms. The molecular weight excluding hydrogens is 172 g/mol. The first-order valence-electron chi connectivity index (χ1n) is 4.73. The summed E-state index contributed by atoms with van der Waals surface area (Å²) < 4.78 is 5.16. The van der Waals surface area contributed by atoms with Crippen molar-refractivity contribution in [2.45, 2.75) is 33.1 Å². The molecule has 1 aromatic rings. The van der Waals surface area contributed by atoms with Crippen LogP contribution in [-0.2, 0) is 5.41 Å². The van der Waals surface area contributed by atoms with Crippen molar-refractivity contribution in [3.8, 4) is 17.8 Å². The number of ether oxygens (including phenoxy) is 1. The second kappa shape index (κ2) is 4.19. The normalized spacial score (nSPS) is 10.3. The lowest BCUT2D eigenvalue weighted by molar-refractivity contribution is 0.517. The van der Waals surface area contributed by atoms with Crippen LogP contribution in [0.1, 0.15) is 33.3 Å². The zero-order valence-electron chi connectivity index (χ0n) is 9.22. The fourth-order valence-corrected chi connectivity index (χ4v) is 1.13. The largest absolute Gasteiger partial charge is 0.408 e. The molecule has 0 saturated heterocycles. The van der Waals surface area contributed by atoms with Crippen molar-refractivity contribution in [1.29, 1.82) is 0 Å². The Hall–Kier alpha value is -1.42. The van der Waals surface area contributed by atoms with Gasteiger partial charge in [0.15, 0.2) is 0 Å². The minimum absolute atomic E-state index is 0.189. The Balaban J connectivity index is 2.82. The van der Waals surface area contributed by atoms with Crippen molar-refractivity contribution in [3.05, 3.63) is 29.8 Å². The molecule has 0 amide bonds. The number of benzene rings is 1. The SMILES string of the molecule is CC#COc1ccc(C(C)(C)C)cc1. The highest BCUT2D eigenvalue weighted by Gasteiger charge is 2.12. The van der Waals surface area contributed by atoms with Gasteiger partial charge in [-0.05, 0) is 23.1 Å². The lowest BCUT2D eigenvalue weighted by atomic mass is 9.87. The summed E-state index contributed by atoms with van der Waals surface area (Å²) in [5, 5.41) is 0. The molecule has 0 aliphatic rings. The molecule has 0 aliphatic carbocycles. The second-order valence-corrected chi connectivity index (χ2v) is 4.23. The molecule has 0 bridgehead atoms. The molecule has 0 fully saturated rings. The summed E-state index contributed by atoms with van der Waals surface area (Å²) in [7, 11) is 0. The van der Waals surface area contributed by atoms with Crippen LogP contribution in [-0.4, -0.2) is 0 Å². The van der Waals surface area contributed by atoms with Crippen LogP contribution in [0.15, 0.2) is 24.3 Å². The minimum Gasteiger partial charge on any atom is -0.408 e. The van der Waals surface area contributed by atoms with Crippen LogP contribution in [0.5, 0.6) is 5.75 Å². The van der Waals surface area contributed by atoms with Gasteiger partial charge in [-0.2, -0.15) is 0 Å². The van der Waals surface area contributed by atoms with Crippen LogP contribution in [0.2, 0.25) is 0 Å². The maximum Gasteiger partial charge on any atom is 0.140 e. The first-order valence-corrected chi connectivity index (χ1v) is 4.73. The summed E-state index contributed by atoms with van der Waals surface area (Å²) in [6.45, 7) is 8.32. The zero-order chi connectivity index (χ0) is 10.6. The fraction of sp³-hybridized carbons (Fsp3) is 0.385. The van der Waals surface area contributed by atoms with E-state index in [0.717, 1.165) is 5.75 Å². The predicted octanol–water partition coefficient (Wildman–Crippen LogP) is 3.34. The van der Waals surface area contributed by atoms with Gasteiger partial charge >= 0.3 is 0 Å². The van der Waals surface area contributed by atoms with Crippen LogP contribution < -0.4 is 4.74 Å². The molecular formula is C13H16O. The Morgan fingerprint density at radius 2 is 1.64 bits per heavy atom. The molecule has 0 aliphatic heterocycles. The van der Waals surface area contributed by atoms with Gasteiger partial charge in [0.05, 0.1) is 0 Å². The third-order valence-corrected chi connectivity index (χ3v) is 1.99. The van der Waals surface area contributed by atoms with Crippen LogP contribution in [0.3, 0.4) is 0 Å². The second-order valence-electron chi connectivity index (χ2n) is 4.23. The summed E-state index contributed by atoms with van der Waals surface area (Å²) in [4.78, 5) is 0. The van der Waals surface area contributed by atoms with Crippen LogP contribution in [0.25, 0.3) is 0 Å². The average Bonchev–Trinajstić information content (AvgIpc) is 2.14. The molecule has 0 saturated carbocycles. The molecule has 0 heterocycles. The van der Waals surface area contributed by atoms with Gasteiger partial charge in [0, 0.05) is 6.92 Å². The summed E-state index contributed by atoms with van der Waals surface area (Å²) in [6, 6.07) is 8.05. The van der Waals surface area contributed by atoms with E-state index in [1.807, 2.05) is 12.1 Å². The number of hydrogen-bond acceptors (Lipinski definition) is 1. The van der Waals surface area contributed by atoms with E-state index in [0.29, 0.717) is 0 Å². The van der Waals surface area contributed by atoms with Gasteiger partial charge in [0.25, 0.3) is 0 Å². The van der Waals surface area contributed by atoms with E-state index in [1.165, 1.54) is 5.56 Å². The highest BCUT2D eigenvalue weighted by Crippen LogP contribution is 2.23. The smallest absolute Gasteiger partial charge is 0.140 e. The number of rotatable bonds is 1. The van der Waals surface area contributed by atoms with Crippen LogP contribution in [0, 0.1) is 12.0 Å². The van der Waals surface area contributed by atoms with E-state index < -0.39 is 0 Å². The van der Waals surface area contributed by atoms with Crippen molar-refractivity contribution in [3.63, 3.8) is 0 Å². The maximum absolute atomic E-state index is 5.16. The van der Waals surface area contributed by atoms with Gasteiger partial charge in [-0.1, -0.05) is 38.8 Å². The molecule has 0 radical (unpaired) electrons. The Morgan fingerprint density at radius 1 is 1.07 bits per heavy atom. The molecule has 0 aromatic heterocycles. The number of hydrogen-bond donors (Lipinski definition) is 0. The zero-order valence-corrected chi connectivity index (χ0v) is 9.22. The molecule has 0 N–H and O–H groups in total. The van der Waals surface area contributed by atoms with Gasteiger partial charge in [0.2, 0.25) is 0 Å². The van der Waals surface area contributed by atoms with Gasteiger partial charge < -0.3 is 4.74 Å². The van der Waals surface area contributed by atoms with E-state index >= 15 is 0 Å². The Bertz CT molecular complexity index is 344. The summed E-state index contributed by atoms with van der Waals surface area (Å²) in [6.07, 6.45) is 2.57. The van der Waals surface area contributed by atoms with Gasteiger partial charge in [-0.25, -0.2) is 0 Å². The van der Waals surface area contributed by atoms with E-state index in [2.05, 4.69) is 44.9 Å². The minimum atomic E-state index is 0.189. The van der Waals surface area contributed by atoms with E-state index in [9.17, 15) is 0 Å². The van der Waals surface area contributed by atoms with E-state index in [-0.39, 0.29) is 5.41 Å². The lowest BCUT2D eigenvalue weighted by Gasteiger charge is -2.18. The van der Waals surface area contributed by atoms with Crippen molar-refractivity contribution < 1.29 is 4.74 Å². The van der Waals surface area contributed by atoms with Crippen LogP contribution in [0.4, 0.5) is 0 Å². The molecule has 74 valence electrons. The van der Waals surface area contributed by atoms with Crippen LogP contribution >= 0.6 is 0 Å². The Labute approximate surface area is 86.1 Å². The molecule has 1 heteroatoms. The first kappa shape index (κ1) is 10.7. The van der Waals surface area contributed by atoms with Gasteiger partial charge in [0.1, 0.15) is 11.9 Å². The van der Waals surface area contributed by atoms with Gasteiger partial charge in [-0.15, -0.1) is 0 Å². The fourth-order valence-electron chi connectivity index (χ4n) is 1.13. The summed E-state index contributed by atoms with van der Waals surface area (Å²) >= 11 is 0. The first-order chi connectivity index (χ1) is 6.54. The maximum atomic E-state index is 5.16. The van der Waals surface area contributed by atoms with Crippen molar-refractivity contribution in [1.82, 2.24) is 0 Å². The van der Waals surface area contributed by atoms with E-state index in [4.69, 9.17) is 4.74 Å². The average molecular weight is 188 g/mol. The predicted molar refractivity (Wildman–Crippen MR) is 59.2 cm³/mol. The molecule has 1 rings (SSSR count). The lowest BCUT2D eigenvalue weighted by Crippen LogP contribution is -2.10. The van der Waals surface area contributed by atoms with Crippen molar-refractivity contribution in [2.24, 2.45) is 0 Å². The Morgan fingerprint density at radius 3 is 2.07 bits per heavy atom. The third kappa shape index (κ3) is 2.81. The van der Waals surface area contributed by atoms with Crippen molar-refractivity contribution >= 4 is 0 Å². The highest BCUT2D eigenvalue weighted by atomic mass is 16.5. The molecule has 1 aromatic carbocycles. The molecule has 0 atom stereocenters. The summed E-state index contributed by atoms with van der Waals surface area (Å²) in [5.41, 5.74) is 1.49. The van der Waals surface area contributed by atoms with Crippen molar-refractivity contribution in [2.75, 3.05) is 0 Å². The van der Waals surface area contributed by atoms with E-state index in [1.54, 1.807) is 6.92 Å². The Kier molecular flexibility index (Phi) is 3.19. The molecule has 14 heavy (non-hydrogen) atoms. The molecule has 0 unspecified atom stereocenters. The third-order valence-electron chi connectivity index (χ3n) is 1.99. The quantitative estimate of drug-likeness (QED) is 0.614. The van der Waals surface area contributed by atoms with Gasteiger partial charge in [-0.3, -0.25) is 0 Å². The topological polar surface area (TPSA) is 9.23 Å². The standard InChI is InChI=1S/C13H16O/c1-5-10-14-12-8-6-11(7-9-12)13(2,3)4/h6-9H,1-4H3.